The van der Waals surface area contributed by atoms with E-state index < -0.39 is 28.4 Å². The molecule has 0 radical (unpaired) electrons. The van der Waals surface area contributed by atoms with Crippen molar-refractivity contribution in [3.8, 4) is 0 Å². The third kappa shape index (κ3) is 5.52. The van der Waals surface area contributed by atoms with E-state index in [4.69, 9.17) is 23.2 Å². The molecule has 192 valence electrons. The Bertz CT molecular complexity index is 1610. The number of halogens is 3. The number of benzene rings is 2. The van der Waals surface area contributed by atoms with Crippen LogP contribution in [0.3, 0.4) is 0 Å². The first-order valence-corrected chi connectivity index (χ1v) is 14.4. The van der Waals surface area contributed by atoms with Crippen LogP contribution in [-0.2, 0) is 23.0 Å². The first kappa shape index (κ1) is 25.7. The number of thiophene rings is 1. The Morgan fingerprint density at radius 2 is 1.95 bits per heavy atom. The number of nitrogens with zero attached hydrogens (tertiary/aromatic N) is 2. The first-order chi connectivity index (χ1) is 17.7. The summed E-state index contributed by atoms with van der Waals surface area (Å²) in [5.74, 6) is -0.556. The van der Waals surface area contributed by atoms with Gasteiger partial charge in [0.15, 0.2) is 0 Å². The van der Waals surface area contributed by atoms with Crippen LogP contribution in [-0.4, -0.2) is 30.8 Å². The Balaban J connectivity index is 1.31. The minimum Gasteiger partial charge on any atom is -0.331 e. The third-order valence-electron chi connectivity index (χ3n) is 6.04. The number of hydrogen-bond donors (Lipinski definition) is 2. The molecule has 2 heterocycles. The van der Waals surface area contributed by atoms with Gasteiger partial charge in [-0.2, -0.15) is 5.10 Å². The monoisotopic (exact) mass is 578 g/mol. The van der Waals surface area contributed by atoms with Crippen LogP contribution in [0.2, 0.25) is 10.0 Å². The van der Waals surface area contributed by atoms with Gasteiger partial charge in [0, 0.05) is 20.3 Å². The number of aromatic nitrogens is 2. The number of amides is 2. The van der Waals surface area contributed by atoms with Crippen molar-refractivity contribution < 1.29 is 17.6 Å². The molecule has 0 aliphatic heterocycles. The molecular formula is C25H21Cl2FN4O3S2. The van der Waals surface area contributed by atoms with Crippen molar-refractivity contribution in [2.45, 2.75) is 30.0 Å². The second kappa shape index (κ2) is 10.4. The van der Waals surface area contributed by atoms with Crippen LogP contribution >= 0.6 is 34.5 Å². The normalized spacial score (nSPS) is 14.9. The maximum Gasteiger partial charge on any atom is 0.329 e. The van der Waals surface area contributed by atoms with Crippen molar-refractivity contribution in [1.82, 2.24) is 19.8 Å². The number of urea groups is 1. The summed E-state index contributed by atoms with van der Waals surface area (Å²) in [7, 11) is -4.10. The highest BCUT2D eigenvalue weighted by molar-refractivity contribution is 7.92. The van der Waals surface area contributed by atoms with Gasteiger partial charge in [-0.15, -0.1) is 11.3 Å². The molecule has 0 unspecified atom stereocenters. The second-order valence-electron chi connectivity index (χ2n) is 8.54. The van der Waals surface area contributed by atoms with E-state index >= 15 is 4.39 Å². The van der Waals surface area contributed by atoms with E-state index in [1.54, 1.807) is 53.3 Å². The van der Waals surface area contributed by atoms with Gasteiger partial charge in [-0.05, 0) is 60.0 Å². The zero-order chi connectivity index (χ0) is 26.2. The number of allylic oxidation sites excluding steroid dienone is 1. The lowest BCUT2D eigenvalue weighted by Gasteiger charge is -2.19. The Morgan fingerprint density at radius 3 is 2.73 bits per heavy atom. The Morgan fingerprint density at radius 1 is 1.14 bits per heavy atom. The van der Waals surface area contributed by atoms with E-state index in [9.17, 15) is 13.2 Å². The maximum atomic E-state index is 15.4. The highest BCUT2D eigenvalue weighted by Gasteiger charge is 2.25. The predicted molar refractivity (Wildman–Crippen MR) is 144 cm³/mol. The molecule has 2 aromatic carbocycles. The van der Waals surface area contributed by atoms with Gasteiger partial charge in [-0.25, -0.2) is 22.3 Å². The average molecular weight is 580 g/mol. The molecule has 2 N–H and O–H groups in total. The summed E-state index contributed by atoms with van der Waals surface area (Å²) in [6.07, 6.45) is 3.66. The van der Waals surface area contributed by atoms with Gasteiger partial charge in [0.25, 0.3) is 10.0 Å². The Hall–Kier alpha value is -2.92. The van der Waals surface area contributed by atoms with Gasteiger partial charge in [0.05, 0.1) is 25.0 Å². The number of carbonyl (C=O) groups is 1. The summed E-state index contributed by atoms with van der Waals surface area (Å²) in [5, 5.41) is 8.51. The van der Waals surface area contributed by atoms with Gasteiger partial charge in [0.1, 0.15) is 10.0 Å². The fourth-order valence-electron chi connectivity index (χ4n) is 4.29. The zero-order valence-corrected chi connectivity index (χ0v) is 22.4. The topological polar surface area (TPSA) is 93.1 Å². The largest absolute Gasteiger partial charge is 0.331 e. The van der Waals surface area contributed by atoms with E-state index in [1.165, 1.54) is 6.07 Å². The van der Waals surface area contributed by atoms with Crippen molar-refractivity contribution in [2.24, 2.45) is 0 Å². The summed E-state index contributed by atoms with van der Waals surface area (Å²) in [6, 6.07) is 12.8. The standard InChI is InChI=1S/C25H21Cl2FN4O3S2/c26-18-9-8-17(20(27)11-18)14-32-24-16(12-30-32)5-3-6-19(24)21(28)13-29-25(33)31-37(34,35)23-10-15-4-1-2-7-22(15)36-23/h1-2,4,7-12H,3,5-6,13-14H2,(H2,29,31,33). The maximum absolute atomic E-state index is 15.4. The zero-order valence-electron chi connectivity index (χ0n) is 19.3. The number of carbonyl (C=O) groups excluding carboxylic acids is 1. The minimum absolute atomic E-state index is 0.00404. The van der Waals surface area contributed by atoms with E-state index in [0.29, 0.717) is 34.3 Å². The summed E-state index contributed by atoms with van der Waals surface area (Å²) in [4.78, 5) is 12.4. The lowest BCUT2D eigenvalue weighted by molar-refractivity contribution is 0.246. The molecule has 7 nitrogen and oxygen atoms in total. The van der Waals surface area contributed by atoms with Gasteiger partial charge in [-0.1, -0.05) is 47.5 Å². The Kier molecular flexibility index (Phi) is 7.26. The van der Waals surface area contributed by atoms with Gasteiger partial charge in [-0.3, -0.25) is 4.68 Å². The molecule has 4 aromatic rings. The molecule has 1 aliphatic carbocycles. The second-order valence-corrected chi connectivity index (χ2v) is 12.4. The third-order valence-corrected chi connectivity index (χ3v) is 9.54. The molecule has 5 rings (SSSR count). The van der Waals surface area contributed by atoms with E-state index in [2.05, 4.69) is 10.4 Å². The van der Waals surface area contributed by atoms with Crippen molar-refractivity contribution in [2.75, 3.05) is 6.54 Å². The number of fused-ring (bicyclic) bond motifs is 2. The summed E-state index contributed by atoms with van der Waals surface area (Å²) in [6.45, 7) is -0.140. The van der Waals surface area contributed by atoms with Crippen LogP contribution in [0.15, 0.2) is 64.8 Å². The van der Waals surface area contributed by atoms with Crippen LogP contribution in [0.25, 0.3) is 15.7 Å². The molecule has 0 saturated heterocycles. The average Bonchev–Trinajstić information content (AvgIpc) is 3.49. The van der Waals surface area contributed by atoms with Crippen molar-refractivity contribution >= 4 is 66.3 Å². The van der Waals surface area contributed by atoms with Gasteiger partial charge in [0.2, 0.25) is 0 Å². The highest BCUT2D eigenvalue weighted by Crippen LogP contribution is 2.34. The molecule has 0 fully saturated rings. The number of aryl methyl sites for hydroxylation is 1. The van der Waals surface area contributed by atoms with E-state index in [1.807, 2.05) is 4.72 Å². The van der Waals surface area contributed by atoms with Crippen LogP contribution < -0.4 is 10.0 Å². The first-order valence-electron chi connectivity index (χ1n) is 11.4. The Labute approximate surface area is 226 Å². The molecule has 0 saturated carbocycles. The predicted octanol–water partition coefficient (Wildman–Crippen LogP) is 6.16. The van der Waals surface area contributed by atoms with Crippen LogP contribution in [0.5, 0.6) is 0 Å². The molecule has 2 aromatic heterocycles. The molecule has 0 spiro atoms. The van der Waals surface area contributed by atoms with E-state index in [-0.39, 0.29) is 4.21 Å². The molecule has 0 bridgehead atoms. The van der Waals surface area contributed by atoms with Crippen LogP contribution in [0.1, 0.15) is 29.7 Å². The summed E-state index contributed by atoms with van der Waals surface area (Å²) < 4.78 is 45.1. The lowest BCUT2D eigenvalue weighted by Crippen LogP contribution is -2.39. The molecule has 37 heavy (non-hydrogen) atoms. The minimum atomic E-state index is -4.10. The quantitative estimate of drug-likeness (QED) is 0.286. The number of nitrogens with one attached hydrogen (secondary N) is 2. The van der Waals surface area contributed by atoms with Gasteiger partial charge < -0.3 is 5.32 Å². The summed E-state index contributed by atoms with van der Waals surface area (Å²) in [5.41, 5.74) is 2.76. The van der Waals surface area contributed by atoms with Gasteiger partial charge >= 0.3 is 6.03 Å². The lowest BCUT2D eigenvalue weighted by atomic mass is 9.92. The fourth-order valence-corrected chi connectivity index (χ4v) is 7.08. The number of sulfonamides is 1. The van der Waals surface area contributed by atoms with E-state index in [0.717, 1.165) is 45.4 Å². The fraction of sp³-hybridized carbons (Fsp3) is 0.200. The molecule has 2 amide bonds. The van der Waals surface area contributed by atoms with Crippen molar-refractivity contribution in [3.05, 3.63) is 87.4 Å². The van der Waals surface area contributed by atoms with Crippen molar-refractivity contribution in [1.29, 1.82) is 0 Å². The number of hydrogen-bond acceptors (Lipinski definition) is 5. The smallest absolute Gasteiger partial charge is 0.329 e. The highest BCUT2D eigenvalue weighted by atomic mass is 35.5. The summed E-state index contributed by atoms with van der Waals surface area (Å²) >= 11 is 13.4. The molecule has 12 heteroatoms. The molecular weight excluding hydrogens is 558 g/mol. The van der Waals surface area contributed by atoms with Crippen LogP contribution in [0, 0.1) is 0 Å². The molecule has 1 aliphatic rings. The number of rotatable bonds is 6. The molecule has 0 atom stereocenters. The van der Waals surface area contributed by atoms with Crippen molar-refractivity contribution in [3.63, 3.8) is 0 Å². The van der Waals surface area contributed by atoms with Crippen LogP contribution in [0.4, 0.5) is 9.18 Å². The SMILES string of the molecule is O=C(NCC(F)=C1CCCc2cnn(Cc3ccc(Cl)cc3Cl)c21)NS(=O)(=O)c1cc2ccccc2s1.